The van der Waals surface area contributed by atoms with E-state index >= 15 is 0 Å². The molecule has 0 spiro atoms. The van der Waals surface area contributed by atoms with Crippen molar-refractivity contribution >= 4 is 35.0 Å². The van der Waals surface area contributed by atoms with Crippen molar-refractivity contribution in [3.8, 4) is 5.75 Å². The highest BCUT2D eigenvalue weighted by Gasteiger charge is 2.30. The molecule has 0 atom stereocenters. The van der Waals surface area contributed by atoms with Gasteiger partial charge in [0.05, 0.1) is 12.2 Å². The van der Waals surface area contributed by atoms with Crippen molar-refractivity contribution in [1.29, 1.82) is 0 Å². The largest absolute Gasteiger partial charge is 0.449 e. The fraction of sp³-hybridized carbons (Fsp3) is 0.0455. The van der Waals surface area contributed by atoms with Gasteiger partial charge in [-0.1, -0.05) is 54.1 Å². The number of amides is 1. The zero-order valence-electron chi connectivity index (χ0n) is 14.4. The van der Waals surface area contributed by atoms with Crippen LogP contribution < -0.4 is 15.4 Å². The van der Waals surface area contributed by atoms with Gasteiger partial charge in [0.15, 0.2) is 11.5 Å². The average Bonchev–Trinajstić information content (AvgIpc) is 2.66. The Morgan fingerprint density at radius 2 is 1.81 bits per heavy atom. The standard InChI is InChI=1S/C22H17ClN2O2/c23-17-8-4-7-16(11-17)14-25-19-13-18(24)9-10-20(19)27-21(22(25)26)12-15-5-2-1-3-6-15/h1-13H,14,24H2/b21-12+. The Morgan fingerprint density at radius 1 is 1.00 bits per heavy atom. The molecule has 5 heteroatoms. The molecule has 3 aromatic rings. The van der Waals surface area contributed by atoms with Crippen LogP contribution in [0.15, 0.2) is 78.6 Å². The molecule has 134 valence electrons. The third kappa shape index (κ3) is 3.66. The molecule has 1 aliphatic heterocycles. The summed E-state index contributed by atoms with van der Waals surface area (Å²) in [6, 6.07) is 22.3. The summed E-state index contributed by atoms with van der Waals surface area (Å²) < 4.78 is 5.88. The van der Waals surface area contributed by atoms with Gasteiger partial charge in [-0.15, -0.1) is 0 Å². The third-order valence-electron chi connectivity index (χ3n) is 4.28. The van der Waals surface area contributed by atoms with E-state index in [-0.39, 0.29) is 11.7 Å². The lowest BCUT2D eigenvalue weighted by Gasteiger charge is -2.31. The monoisotopic (exact) mass is 376 g/mol. The van der Waals surface area contributed by atoms with Gasteiger partial charge in [0.1, 0.15) is 0 Å². The summed E-state index contributed by atoms with van der Waals surface area (Å²) in [6.07, 6.45) is 1.74. The first-order valence-electron chi connectivity index (χ1n) is 8.50. The van der Waals surface area contributed by atoms with E-state index in [9.17, 15) is 4.79 Å². The first-order valence-corrected chi connectivity index (χ1v) is 8.88. The number of benzene rings is 3. The Labute approximate surface area is 162 Å². The highest BCUT2D eigenvalue weighted by molar-refractivity contribution is 6.30. The molecule has 0 unspecified atom stereocenters. The quantitative estimate of drug-likeness (QED) is 0.523. The number of hydrogen-bond donors (Lipinski definition) is 1. The van der Waals surface area contributed by atoms with Gasteiger partial charge in [0, 0.05) is 10.7 Å². The van der Waals surface area contributed by atoms with E-state index in [1.807, 2.05) is 48.5 Å². The summed E-state index contributed by atoms with van der Waals surface area (Å²) in [5.41, 5.74) is 8.96. The second kappa shape index (κ2) is 7.17. The number of nitrogen functional groups attached to an aromatic ring is 1. The van der Waals surface area contributed by atoms with E-state index < -0.39 is 0 Å². The molecule has 0 aromatic heterocycles. The van der Waals surface area contributed by atoms with Crippen LogP contribution in [-0.4, -0.2) is 5.91 Å². The minimum atomic E-state index is -0.225. The number of fused-ring (bicyclic) bond motifs is 1. The van der Waals surface area contributed by atoms with Crippen molar-refractivity contribution in [3.05, 3.63) is 94.7 Å². The Kier molecular flexibility index (Phi) is 4.57. The Hall–Kier alpha value is -3.24. The molecule has 27 heavy (non-hydrogen) atoms. The smallest absolute Gasteiger partial charge is 0.294 e. The lowest BCUT2D eigenvalue weighted by molar-refractivity contribution is -0.117. The number of ether oxygens (including phenoxy) is 1. The predicted octanol–water partition coefficient (Wildman–Crippen LogP) is 4.89. The third-order valence-corrected chi connectivity index (χ3v) is 4.51. The average molecular weight is 377 g/mol. The van der Waals surface area contributed by atoms with E-state index in [0.717, 1.165) is 11.1 Å². The molecule has 4 rings (SSSR count). The van der Waals surface area contributed by atoms with Gasteiger partial charge in [-0.3, -0.25) is 9.69 Å². The highest BCUT2D eigenvalue weighted by atomic mass is 35.5. The Bertz CT molecular complexity index is 1030. The van der Waals surface area contributed by atoms with Crippen LogP contribution in [0.25, 0.3) is 6.08 Å². The number of rotatable bonds is 3. The zero-order valence-corrected chi connectivity index (χ0v) is 15.2. The van der Waals surface area contributed by atoms with Gasteiger partial charge >= 0.3 is 0 Å². The highest BCUT2D eigenvalue weighted by Crippen LogP contribution is 2.38. The van der Waals surface area contributed by atoms with Crippen molar-refractivity contribution in [2.24, 2.45) is 0 Å². The lowest BCUT2D eigenvalue weighted by atomic mass is 10.1. The summed E-state index contributed by atoms with van der Waals surface area (Å²) in [5, 5.41) is 0.626. The van der Waals surface area contributed by atoms with Crippen molar-refractivity contribution in [3.63, 3.8) is 0 Å². The van der Waals surface area contributed by atoms with E-state index in [1.165, 1.54) is 0 Å². The molecule has 0 fully saturated rings. The topological polar surface area (TPSA) is 55.6 Å². The molecule has 0 saturated heterocycles. The summed E-state index contributed by atoms with van der Waals surface area (Å²) in [6.45, 7) is 0.366. The summed E-state index contributed by atoms with van der Waals surface area (Å²) >= 11 is 6.10. The van der Waals surface area contributed by atoms with Crippen molar-refractivity contribution in [1.82, 2.24) is 0 Å². The van der Waals surface area contributed by atoms with Gasteiger partial charge in [0.25, 0.3) is 5.91 Å². The second-order valence-electron chi connectivity index (χ2n) is 6.27. The van der Waals surface area contributed by atoms with Crippen LogP contribution in [0.3, 0.4) is 0 Å². The second-order valence-corrected chi connectivity index (χ2v) is 6.71. The van der Waals surface area contributed by atoms with Gasteiger partial charge in [-0.25, -0.2) is 0 Å². The maximum absolute atomic E-state index is 13.2. The maximum Gasteiger partial charge on any atom is 0.294 e. The van der Waals surface area contributed by atoms with E-state index in [4.69, 9.17) is 22.1 Å². The number of carbonyl (C=O) groups is 1. The molecule has 0 bridgehead atoms. The summed E-state index contributed by atoms with van der Waals surface area (Å²) in [4.78, 5) is 14.8. The molecule has 1 amide bonds. The van der Waals surface area contributed by atoms with Crippen molar-refractivity contribution < 1.29 is 9.53 Å². The van der Waals surface area contributed by atoms with E-state index in [0.29, 0.717) is 28.7 Å². The van der Waals surface area contributed by atoms with Crippen LogP contribution >= 0.6 is 11.6 Å². The molecule has 0 aliphatic carbocycles. The number of nitrogens with two attached hydrogens (primary N) is 1. The number of nitrogens with zero attached hydrogens (tertiary/aromatic N) is 1. The minimum Gasteiger partial charge on any atom is -0.449 e. The molecule has 4 nitrogen and oxygen atoms in total. The van der Waals surface area contributed by atoms with Crippen molar-refractivity contribution in [2.45, 2.75) is 6.54 Å². The minimum absolute atomic E-state index is 0.225. The molecule has 1 heterocycles. The van der Waals surface area contributed by atoms with Crippen LogP contribution in [0.5, 0.6) is 5.75 Å². The van der Waals surface area contributed by atoms with Gasteiger partial charge in [0.2, 0.25) is 0 Å². The van der Waals surface area contributed by atoms with Gasteiger partial charge in [-0.05, 0) is 47.5 Å². The predicted molar refractivity (Wildman–Crippen MR) is 109 cm³/mol. The molecule has 2 N–H and O–H groups in total. The Balaban J connectivity index is 1.76. The molecule has 3 aromatic carbocycles. The van der Waals surface area contributed by atoms with E-state index in [1.54, 1.807) is 35.2 Å². The summed E-state index contributed by atoms with van der Waals surface area (Å²) in [5.74, 6) is 0.630. The van der Waals surface area contributed by atoms with Gasteiger partial charge < -0.3 is 10.5 Å². The fourth-order valence-corrected chi connectivity index (χ4v) is 3.22. The number of hydrogen-bond acceptors (Lipinski definition) is 3. The van der Waals surface area contributed by atoms with Crippen molar-refractivity contribution in [2.75, 3.05) is 10.6 Å². The maximum atomic E-state index is 13.2. The first kappa shape index (κ1) is 17.2. The Morgan fingerprint density at radius 3 is 2.59 bits per heavy atom. The van der Waals surface area contributed by atoms with Crippen LogP contribution in [-0.2, 0) is 11.3 Å². The molecule has 0 saturated carbocycles. The van der Waals surface area contributed by atoms with Crippen LogP contribution in [0, 0.1) is 0 Å². The van der Waals surface area contributed by atoms with Crippen LogP contribution in [0.4, 0.5) is 11.4 Å². The fourth-order valence-electron chi connectivity index (χ4n) is 3.00. The zero-order chi connectivity index (χ0) is 18.8. The molecule has 0 radical (unpaired) electrons. The van der Waals surface area contributed by atoms with Gasteiger partial charge in [-0.2, -0.15) is 0 Å². The molecular weight excluding hydrogens is 360 g/mol. The number of anilines is 2. The normalized spacial score (nSPS) is 14.8. The lowest BCUT2D eigenvalue weighted by Crippen LogP contribution is -2.36. The van der Waals surface area contributed by atoms with E-state index in [2.05, 4.69) is 0 Å². The van der Waals surface area contributed by atoms with Crippen LogP contribution in [0.2, 0.25) is 5.02 Å². The first-order chi connectivity index (χ1) is 13.1. The number of carbonyl (C=O) groups excluding carboxylic acids is 1. The molecular formula is C22H17ClN2O2. The molecule has 1 aliphatic rings. The number of halogens is 1. The SMILES string of the molecule is Nc1ccc2c(c1)N(Cc1cccc(Cl)c1)C(=O)/C(=C\c1ccccc1)O2. The van der Waals surface area contributed by atoms with Crippen LogP contribution in [0.1, 0.15) is 11.1 Å². The summed E-state index contributed by atoms with van der Waals surface area (Å²) in [7, 11) is 0.